The van der Waals surface area contributed by atoms with E-state index in [4.69, 9.17) is 9.47 Å². The Labute approximate surface area is 191 Å². The summed E-state index contributed by atoms with van der Waals surface area (Å²) in [5.74, 6) is 0.742. The zero-order valence-corrected chi connectivity index (χ0v) is 20.4. The number of methoxy groups -OCH3 is 2. The highest BCUT2D eigenvalue weighted by atomic mass is 32.2. The molecule has 1 unspecified atom stereocenters. The molecule has 0 bridgehead atoms. The van der Waals surface area contributed by atoms with E-state index in [1.807, 2.05) is 19.0 Å². The fourth-order valence-electron chi connectivity index (χ4n) is 3.85. The summed E-state index contributed by atoms with van der Waals surface area (Å²) in [6.45, 7) is 3.90. The van der Waals surface area contributed by atoms with E-state index in [0.29, 0.717) is 5.75 Å². The molecule has 0 spiro atoms. The monoisotopic (exact) mass is 462 g/mol. The van der Waals surface area contributed by atoms with Crippen molar-refractivity contribution in [2.75, 3.05) is 73.0 Å². The Morgan fingerprint density at radius 1 is 1.00 bits per heavy atom. The summed E-state index contributed by atoms with van der Waals surface area (Å²) >= 11 is 0. The lowest BCUT2D eigenvalue weighted by molar-refractivity contribution is 0.113. The fraction of sp³-hybridized carbons (Fsp3) is 0.478. The van der Waals surface area contributed by atoms with E-state index in [-0.39, 0.29) is 23.2 Å². The van der Waals surface area contributed by atoms with Gasteiger partial charge in [0.2, 0.25) is 10.0 Å². The van der Waals surface area contributed by atoms with Crippen LogP contribution in [-0.4, -0.2) is 86.3 Å². The van der Waals surface area contributed by atoms with Gasteiger partial charge in [0.25, 0.3) is 0 Å². The van der Waals surface area contributed by atoms with E-state index in [1.54, 1.807) is 12.1 Å². The molecule has 0 aliphatic carbocycles. The van der Waals surface area contributed by atoms with Crippen LogP contribution in [0.25, 0.3) is 0 Å². The minimum Gasteiger partial charge on any atom is -0.497 e. The number of nitrogens with one attached hydrogen (secondary N) is 1. The molecular weight excluding hydrogens is 428 g/mol. The number of likely N-dealkylation sites (N-methyl/N-ethyl adjacent to an activating group) is 1. The van der Waals surface area contributed by atoms with Crippen LogP contribution >= 0.6 is 0 Å². The zero-order valence-electron chi connectivity index (χ0n) is 19.5. The third-order valence-electron chi connectivity index (χ3n) is 5.90. The smallest absolute Gasteiger partial charge is 0.244 e. The van der Waals surface area contributed by atoms with Crippen molar-refractivity contribution in [2.45, 2.75) is 10.9 Å². The average molecular weight is 463 g/mol. The molecule has 32 heavy (non-hydrogen) atoms. The van der Waals surface area contributed by atoms with E-state index in [2.05, 4.69) is 45.8 Å². The molecule has 0 radical (unpaired) electrons. The van der Waals surface area contributed by atoms with E-state index < -0.39 is 10.0 Å². The highest BCUT2D eigenvalue weighted by Crippen LogP contribution is 2.29. The minimum atomic E-state index is -3.81. The van der Waals surface area contributed by atoms with Gasteiger partial charge in [0, 0.05) is 64.6 Å². The Bertz CT molecular complexity index is 988. The maximum atomic E-state index is 13.2. The van der Waals surface area contributed by atoms with Crippen molar-refractivity contribution in [1.82, 2.24) is 14.5 Å². The van der Waals surface area contributed by atoms with Crippen molar-refractivity contribution in [3.05, 3.63) is 48.0 Å². The van der Waals surface area contributed by atoms with Crippen molar-refractivity contribution < 1.29 is 17.9 Å². The molecule has 8 nitrogen and oxygen atoms in total. The summed E-state index contributed by atoms with van der Waals surface area (Å²) in [6.07, 6.45) is 0. The molecule has 1 N–H and O–H groups in total. The molecule has 1 aliphatic heterocycles. The molecule has 0 aromatic heterocycles. The molecule has 3 rings (SSSR count). The standard InChI is InChI=1S/C23H34N4O4S/c1-25(2)19-8-6-18(7-9-19)21(27-14-12-26(3)13-15-27)17-24-32(28,29)23-16-20(30-4)10-11-22(23)31-5/h6-11,16,21,24H,12-15,17H2,1-5H3. The maximum Gasteiger partial charge on any atom is 0.244 e. The second-order valence-electron chi connectivity index (χ2n) is 8.21. The van der Waals surface area contributed by atoms with Crippen LogP contribution in [0, 0.1) is 0 Å². The van der Waals surface area contributed by atoms with Gasteiger partial charge in [0.15, 0.2) is 0 Å². The van der Waals surface area contributed by atoms with Gasteiger partial charge in [-0.25, -0.2) is 13.1 Å². The number of piperazine rings is 1. The van der Waals surface area contributed by atoms with E-state index in [0.717, 1.165) is 37.4 Å². The first-order valence-corrected chi connectivity index (χ1v) is 12.1. The van der Waals surface area contributed by atoms with Gasteiger partial charge in [-0.2, -0.15) is 0 Å². The molecule has 2 aromatic carbocycles. The van der Waals surface area contributed by atoms with E-state index >= 15 is 0 Å². The van der Waals surface area contributed by atoms with Gasteiger partial charge in [0.05, 0.1) is 14.2 Å². The van der Waals surface area contributed by atoms with Crippen molar-refractivity contribution in [3.8, 4) is 11.5 Å². The molecule has 2 aromatic rings. The molecule has 1 saturated heterocycles. The normalized spacial score (nSPS) is 16.5. The summed E-state index contributed by atoms with van der Waals surface area (Å²) in [5.41, 5.74) is 2.19. The fourth-order valence-corrected chi connectivity index (χ4v) is 5.07. The van der Waals surface area contributed by atoms with Gasteiger partial charge in [0.1, 0.15) is 16.4 Å². The van der Waals surface area contributed by atoms with Crippen molar-refractivity contribution in [1.29, 1.82) is 0 Å². The first kappa shape index (κ1) is 24.3. The Kier molecular flexibility index (Phi) is 8.00. The van der Waals surface area contributed by atoms with Crippen LogP contribution in [0.5, 0.6) is 11.5 Å². The first-order valence-electron chi connectivity index (χ1n) is 10.7. The highest BCUT2D eigenvalue weighted by Gasteiger charge is 2.27. The number of hydrogen-bond acceptors (Lipinski definition) is 7. The quantitative estimate of drug-likeness (QED) is 0.611. The van der Waals surface area contributed by atoms with Crippen LogP contribution in [0.2, 0.25) is 0 Å². The van der Waals surface area contributed by atoms with Gasteiger partial charge in [-0.15, -0.1) is 0 Å². The number of sulfonamides is 1. The lowest BCUT2D eigenvalue weighted by Gasteiger charge is -2.38. The van der Waals surface area contributed by atoms with Gasteiger partial charge in [-0.1, -0.05) is 12.1 Å². The molecule has 0 saturated carbocycles. The van der Waals surface area contributed by atoms with Crippen LogP contribution < -0.4 is 19.1 Å². The summed E-state index contributed by atoms with van der Waals surface area (Å²) in [6, 6.07) is 13.0. The summed E-state index contributed by atoms with van der Waals surface area (Å²) in [7, 11) is 5.27. The lowest BCUT2D eigenvalue weighted by Crippen LogP contribution is -2.48. The average Bonchev–Trinajstić information content (AvgIpc) is 2.80. The lowest BCUT2D eigenvalue weighted by atomic mass is 10.0. The number of benzene rings is 2. The maximum absolute atomic E-state index is 13.2. The highest BCUT2D eigenvalue weighted by molar-refractivity contribution is 7.89. The molecule has 9 heteroatoms. The Hall–Kier alpha value is -2.33. The van der Waals surface area contributed by atoms with Crippen molar-refractivity contribution >= 4 is 15.7 Å². The SMILES string of the molecule is COc1ccc(OC)c(S(=O)(=O)NCC(c2ccc(N(C)C)cc2)N2CCN(C)CC2)c1. The van der Waals surface area contributed by atoms with Gasteiger partial charge in [-0.05, 0) is 36.9 Å². The largest absolute Gasteiger partial charge is 0.497 e. The van der Waals surface area contributed by atoms with Crippen LogP contribution in [0.3, 0.4) is 0 Å². The molecule has 176 valence electrons. The van der Waals surface area contributed by atoms with Crippen molar-refractivity contribution in [2.24, 2.45) is 0 Å². The molecule has 0 amide bonds. The first-order chi connectivity index (χ1) is 15.2. The van der Waals surface area contributed by atoms with E-state index in [9.17, 15) is 8.42 Å². The van der Waals surface area contributed by atoms with Crippen LogP contribution in [0.15, 0.2) is 47.4 Å². The predicted molar refractivity (Wildman–Crippen MR) is 127 cm³/mol. The van der Waals surface area contributed by atoms with Crippen LogP contribution in [0.1, 0.15) is 11.6 Å². The number of anilines is 1. The van der Waals surface area contributed by atoms with Crippen LogP contribution in [-0.2, 0) is 10.0 Å². The molecule has 1 fully saturated rings. The Morgan fingerprint density at radius 3 is 2.22 bits per heavy atom. The van der Waals surface area contributed by atoms with Gasteiger partial charge < -0.3 is 19.3 Å². The molecule has 1 aliphatic rings. The van der Waals surface area contributed by atoms with E-state index in [1.165, 1.54) is 20.3 Å². The molecular formula is C23H34N4O4S. The number of ether oxygens (including phenoxy) is 2. The Balaban J connectivity index is 1.86. The second kappa shape index (κ2) is 10.5. The topological polar surface area (TPSA) is 74.3 Å². The molecule has 1 atom stereocenters. The third kappa shape index (κ3) is 5.72. The summed E-state index contributed by atoms with van der Waals surface area (Å²) in [5, 5.41) is 0. The van der Waals surface area contributed by atoms with Gasteiger partial charge in [-0.3, -0.25) is 4.90 Å². The number of nitrogens with zero attached hydrogens (tertiary/aromatic N) is 3. The van der Waals surface area contributed by atoms with Gasteiger partial charge >= 0.3 is 0 Å². The summed E-state index contributed by atoms with van der Waals surface area (Å²) < 4.78 is 39.8. The zero-order chi connectivity index (χ0) is 23.3. The minimum absolute atomic E-state index is 0.0689. The number of rotatable bonds is 9. The second-order valence-corrected chi connectivity index (χ2v) is 9.95. The predicted octanol–water partition coefficient (Wildman–Crippen LogP) is 2.04. The number of hydrogen-bond donors (Lipinski definition) is 1. The Morgan fingerprint density at radius 2 is 1.66 bits per heavy atom. The summed E-state index contributed by atoms with van der Waals surface area (Å²) in [4.78, 5) is 6.75. The van der Waals surface area contributed by atoms with Crippen LogP contribution in [0.4, 0.5) is 5.69 Å². The van der Waals surface area contributed by atoms with Crippen molar-refractivity contribution in [3.63, 3.8) is 0 Å². The molecule has 1 heterocycles. The third-order valence-corrected chi connectivity index (χ3v) is 7.34.